The van der Waals surface area contributed by atoms with Crippen molar-refractivity contribution < 1.29 is 23.2 Å². The predicted molar refractivity (Wildman–Crippen MR) is 49.7 cm³/mol. The Morgan fingerprint density at radius 3 is 2.60 bits per heavy atom. The van der Waals surface area contributed by atoms with Gasteiger partial charge in [0.2, 0.25) is 0 Å². The van der Waals surface area contributed by atoms with Crippen LogP contribution >= 0.6 is 0 Å². The van der Waals surface area contributed by atoms with Gasteiger partial charge in [0.05, 0.1) is 7.11 Å². The van der Waals surface area contributed by atoms with E-state index in [9.17, 15) is 13.2 Å². The lowest BCUT2D eigenvalue weighted by Crippen LogP contribution is -2.21. The molecule has 0 saturated carbocycles. The first-order valence-electron chi connectivity index (χ1n) is 3.83. The number of carboxylic acid groups (broad SMARTS) is 1. The van der Waals surface area contributed by atoms with E-state index in [0.29, 0.717) is 0 Å². The fourth-order valence-electron chi connectivity index (χ4n) is 1.05. The average molecular weight is 234 g/mol. The molecular formula is C7H10N2O5S. The van der Waals surface area contributed by atoms with Crippen molar-refractivity contribution >= 4 is 16.0 Å². The molecule has 84 valence electrons. The molecule has 0 unspecified atom stereocenters. The van der Waals surface area contributed by atoms with Crippen LogP contribution in [0.3, 0.4) is 0 Å². The third-order valence-corrected chi connectivity index (χ3v) is 2.93. The Balaban J connectivity index is 3.19. The number of nitrogens with one attached hydrogen (secondary N) is 1. The summed E-state index contributed by atoms with van der Waals surface area (Å²) in [6.07, 6.45) is 1.19. The zero-order valence-corrected chi connectivity index (χ0v) is 8.91. The van der Waals surface area contributed by atoms with Crippen molar-refractivity contribution in [2.45, 2.75) is 4.90 Å². The number of carbonyl (C=O) groups is 1. The van der Waals surface area contributed by atoms with E-state index in [-0.39, 0.29) is 10.6 Å². The van der Waals surface area contributed by atoms with Crippen LogP contribution in [0.4, 0.5) is 0 Å². The molecule has 0 aliphatic heterocycles. The standard InChI is InChI=1S/C7H10N2O5S/c1-9-4-5(3-6(9)7(10)11)15(12,13)8-14-2/h3-4,8H,1-2H3,(H,10,11). The Morgan fingerprint density at radius 1 is 1.60 bits per heavy atom. The van der Waals surface area contributed by atoms with E-state index in [2.05, 4.69) is 4.84 Å². The van der Waals surface area contributed by atoms with Crippen LogP contribution in [-0.4, -0.2) is 31.2 Å². The van der Waals surface area contributed by atoms with E-state index >= 15 is 0 Å². The van der Waals surface area contributed by atoms with Crippen molar-refractivity contribution in [1.29, 1.82) is 0 Å². The van der Waals surface area contributed by atoms with Crippen LogP contribution in [0.2, 0.25) is 0 Å². The molecule has 0 radical (unpaired) electrons. The average Bonchev–Trinajstić information content (AvgIpc) is 2.47. The van der Waals surface area contributed by atoms with Crippen LogP contribution in [0.5, 0.6) is 0 Å². The van der Waals surface area contributed by atoms with Crippen molar-refractivity contribution in [3.8, 4) is 0 Å². The monoisotopic (exact) mass is 234 g/mol. The van der Waals surface area contributed by atoms with E-state index in [1.165, 1.54) is 17.8 Å². The second kappa shape index (κ2) is 4.01. The molecular weight excluding hydrogens is 224 g/mol. The van der Waals surface area contributed by atoms with Gasteiger partial charge < -0.3 is 9.67 Å². The van der Waals surface area contributed by atoms with Gasteiger partial charge in [0.15, 0.2) is 0 Å². The normalized spacial score (nSPS) is 11.6. The van der Waals surface area contributed by atoms with Gasteiger partial charge in [-0.15, -0.1) is 0 Å². The highest BCUT2D eigenvalue weighted by molar-refractivity contribution is 7.89. The second-order valence-electron chi connectivity index (χ2n) is 2.77. The first-order valence-corrected chi connectivity index (χ1v) is 5.31. The van der Waals surface area contributed by atoms with Crippen LogP contribution in [-0.2, 0) is 21.9 Å². The van der Waals surface area contributed by atoms with Crippen LogP contribution in [0, 0.1) is 0 Å². The third-order valence-electron chi connectivity index (χ3n) is 1.70. The lowest BCUT2D eigenvalue weighted by molar-refractivity contribution is 0.0686. The summed E-state index contributed by atoms with van der Waals surface area (Å²) in [4.78, 5) is 16.5. The molecule has 2 N–H and O–H groups in total. The van der Waals surface area contributed by atoms with E-state index in [1.54, 1.807) is 4.89 Å². The number of aryl methyl sites for hydroxylation is 1. The van der Waals surface area contributed by atoms with Crippen LogP contribution in [0.25, 0.3) is 0 Å². The molecule has 1 heterocycles. The molecule has 0 aliphatic carbocycles. The molecule has 0 spiro atoms. The summed E-state index contributed by atoms with van der Waals surface area (Å²) in [5, 5.41) is 8.71. The molecule has 0 aromatic carbocycles. The molecule has 0 atom stereocenters. The number of rotatable bonds is 4. The summed E-state index contributed by atoms with van der Waals surface area (Å²) in [7, 11) is -1.21. The Bertz CT molecular complexity index is 476. The van der Waals surface area contributed by atoms with Crippen LogP contribution < -0.4 is 4.89 Å². The van der Waals surface area contributed by atoms with Crippen LogP contribution in [0.15, 0.2) is 17.2 Å². The topological polar surface area (TPSA) is 97.6 Å². The van der Waals surface area contributed by atoms with Gasteiger partial charge in [-0.1, -0.05) is 4.89 Å². The molecule has 0 bridgehead atoms. The smallest absolute Gasteiger partial charge is 0.352 e. The zero-order chi connectivity index (χ0) is 11.6. The molecule has 1 rings (SSSR count). The fourth-order valence-corrected chi connectivity index (χ4v) is 1.93. The minimum atomic E-state index is -3.80. The van der Waals surface area contributed by atoms with Gasteiger partial charge in [0.25, 0.3) is 10.0 Å². The summed E-state index contributed by atoms with van der Waals surface area (Å²) < 4.78 is 24.0. The molecule has 0 aliphatic rings. The number of sulfonamides is 1. The minimum absolute atomic E-state index is 0.119. The maximum atomic E-state index is 11.4. The highest BCUT2D eigenvalue weighted by atomic mass is 32.2. The highest BCUT2D eigenvalue weighted by Crippen LogP contribution is 2.12. The Hall–Kier alpha value is -1.38. The van der Waals surface area contributed by atoms with Crippen molar-refractivity contribution in [3.63, 3.8) is 0 Å². The quantitative estimate of drug-likeness (QED) is 0.688. The second-order valence-corrected chi connectivity index (χ2v) is 4.41. The minimum Gasteiger partial charge on any atom is -0.477 e. The van der Waals surface area contributed by atoms with Gasteiger partial charge in [-0.05, 0) is 6.07 Å². The maximum Gasteiger partial charge on any atom is 0.352 e. The summed E-state index contributed by atoms with van der Waals surface area (Å²) in [6.45, 7) is 0. The molecule has 7 nitrogen and oxygen atoms in total. The van der Waals surface area contributed by atoms with Crippen molar-refractivity contribution in [3.05, 3.63) is 18.0 Å². The van der Waals surface area contributed by atoms with Gasteiger partial charge >= 0.3 is 5.97 Å². The summed E-state index contributed by atoms with van der Waals surface area (Å²) in [5.41, 5.74) is -0.119. The van der Waals surface area contributed by atoms with Gasteiger partial charge in [-0.3, -0.25) is 4.84 Å². The number of hydrogen-bond donors (Lipinski definition) is 2. The van der Waals surface area contributed by atoms with E-state index in [4.69, 9.17) is 5.11 Å². The molecule has 1 aromatic heterocycles. The van der Waals surface area contributed by atoms with Gasteiger partial charge in [0, 0.05) is 13.2 Å². The summed E-state index contributed by atoms with van der Waals surface area (Å²) >= 11 is 0. The first-order chi connectivity index (χ1) is 6.88. The lowest BCUT2D eigenvalue weighted by atomic mass is 10.4. The van der Waals surface area contributed by atoms with Crippen molar-refractivity contribution in [2.75, 3.05) is 7.11 Å². The lowest BCUT2D eigenvalue weighted by Gasteiger charge is -1.99. The SMILES string of the molecule is CONS(=O)(=O)c1cc(C(=O)O)n(C)c1. The molecule has 0 saturated heterocycles. The van der Waals surface area contributed by atoms with Crippen molar-refractivity contribution in [1.82, 2.24) is 9.45 Å². The van der Waals surface area contributed by atoms with Crippen molar-refractivity contribution in [2.24, 2.45) is 7.05 Å². The third kappa shape index (κ3) is 2.35. The van der Waals surface area contributed by atoms with E-state index < -0.39 is 16.0 Å². The van der Waals surface area contributed by atoms with E-state index in [0.717, 1.165) is 13.2 Å². The Kier molecular flexibility index (Phi) is 3.12. The van der Waals surface area contributed by atoms with Gasteiger partial charge in [-0.25, -0.2) is 13.2 Å². The number of aromatic carboxylic acids is 1. The molecule has 8 heteroatoms. The molecule has 0 amide bonds. The van der Waals surface area contributed by atoms with E-state index in [1.807, 2.05) is 0 Å². The zero-order valence-electron chi connectivity index (χ0n) is 8.09. The number of carboxylic acids is 1. The van der Waals surface area contributed by atoms with Crippen LogP contribution in [0.1, 0.15) is 10.5 Å². The molecule has 0 fully saturated rings. The Morgan fingerprint density at radius 2 is 2.20 bits per heavy atom. The highest BCUT2D eigenvalue weighted by Gasteiger charge is 2.19. The molecule has 1 aromatic rings. The largest absolute Gasteiger partial charge is 0.477 e. The Labute approximate surface area is 86.3 Å². The predicted octanol–water partition coefficient (Wildman–Crippen LogP) is -0.437. The summed E-state index contributed by atoms with van der Waals surface area (Å²) in [5.74, 6) is -1.20. The maximum absolute atomic E-state index is 11.4. The molecule has 15 heavy (non-hydrogen) atoms. The fraction of sp³-hybridized carbons (Fsp3) is 0.286. The van der Waals surface area contributed by atoms with Gasteiger partial charge in [0.1, 0.15) is 10.6 Å². The number of hydrogen-bond acceptors (Lipinski definition) is 4. The number of nitrogens with zero attached hydrogens (tertiary/aromatic N) is 1. The summed E-state index contributed by atoms with van der Waals surface area (Å²) in [6, 6.07) is 1.05. The van der Waals surface area contributed by atoms with Gasteiger partial charge in [-0.2, -0.15) is 0 Å². The number of aromatic nitrogens is 1. The first kappa shape index (κ1) is 11.7.